The van der Waals surface area contributed by atoms with Gasteiger partial charge in [-0.15, -0.1) is 5.11 Å². The lowest BCUT2D eigenvalue weighted by Gasteiger charge is -2.19. The van der Waals surface area contributed by atoms with Crippen molar-refractivity contribution in [3.63, 3.8) is 0 Å². The van der Waals surface area contributed by atoms with Gasteiger partial charge in [-0.1, -0.05) is 6.07 Å². The zero-order valence-corrected chi connectivity index (χ0v) is 20.8. The van der Waals surface area contributed by atoms with Gasteiger partial charge in [-0.05, 0) is 46.8 Å². The number of carbonyl (C=O) groups is 2. The van der Waals surface area contributed by atoms with Crippen molar-refractivity contribution < 1.29 is 28.5 Å². The summed E-state index contributed by atoms with van der Waals surface area (Å²) in [4.78, 5) is 25.5. The van der Waals surface area contributed by atoms with Gasteiger partial charge >= 0.3 is 0 Å². The number of benzene rings is 2. The van der Waals surface area contributed by atoms with E-state index in [-0.39, 0.29) is 11.4 Å². The fourth-order valence-electron chi connectivity index (χ4n) is 2.97. The Kier molecular flexibility index (Phi) is 10.6. The van der Waals surface area contributed by atoms with Crippen molar-refractivity contribution in [1.29, 1.82) is 0 Å². The van der Waals surface area contributed by atoms with Crippen LogP contribution in [0.4, 0.5) is 11.4 Å². The van der Waals surface area contributed by atoms with Gasteiger partial charge in [0.1, 0.15) is 11.5 Å². The second kappa shape index (κ2) is 13.4. The summed E-state index contributed by atoms with van der Waals surface area (Å²) < 4.78 is 23.1. The first-order valence-electron chi connectivity index (χ1n) is 11.1. The van der Waals surface area contributed by atoms with Gasteiger partial charge in [-0.3, -0.25) is 9.59 Å². The molecule has 1 amide bonds. The van der Waals surface area contributed by atoms with Gasteiger partial charge in [0.2, 0.25) is 6.04 Å². The molecule has 184 valence electrons. The van der Waals surface area contributed by atoms with Gasteiger partial charge in [0.15, 0.2) is 23.0 Å². The van der Waals surface area contributed by atoms with Crippen molar-refractivity contribution in [2.75, 3.05) is 30.8 Å². The minimum Gasteiger partial charge on any atom is -0.494 e. The highest BCUT2D eigenvalue weighted by molar-refractivity contribution is 6.39. The van der Waals surface area contributed by atoms with E-state index in [0.29, 0.717) is 49.4 Å². The van der Waals surface area contributed by atoms with Gasteiger partial charge in [-0.25, -0.2) is 4.42 Å². The summed E-state index contributed by atoms with van der Waals surface area (Å²) in [6.07, 6.45) is 0. The van der Waals surface area contributed by atoms with Gasteiger partial charge in [0, 0.05) is 30.0 Å². The van der Waals surface area contributed by atoms with Crippen molar-refractivity contribution in [2.24, 2.45) is 10.2 Å². The van der Waals surface area contributed by atoms with Crippen LogP contribution in [0.25, 0.3) is 0 Å². The summed E-state index contributed by atoms with van der Waals surface area (Å²) in [6.45, 7) is 10.2. The number of amides is 1. The summed E-state index contributed by atoms with van der Waals surface area (Å²) >= 11 is 6.35. The number of azo groups is 1. The van der Waals surface area contributed by atoms with E-state index in [2.05, 4.69) is 10.2 Å². The van der Waals surface area contributed by atoms with Gasteiger partial charge in [-0.2, -0.15) is 5.11 Å². The molecule has 0 saturated heterocycles. The van der Waals surface area contributed by atoms with E-state index in [9.17, 15) is 9.59 Å². The van der Waals surface area contributed by atoms with Crippen LogP contribution in [0.1, 0.15) is 34.6 Å². The Morgan fingerprint density at radius 3 is 1.82 bits per heavy atom. The molecule has 2 rings (SSSR count). The number of carbonyl (C=O) groups excluding carboxylic acids is 2. The second-order valence-electron chi connectivity index (χ2n) is 6.85. The van der Waals surface area contributed by atoms with E-state index in [1.165, 1.54) is 6.92 Å². The Morgan fingerprint density at radius 1 is 0.882 bits per heavy atom. The predicted molar refractivity (Wildman–Crippen MR) is 130 cm³/mol. The topological polar surface area (TPSA) is 99.0 Å². The second-order valence-corrected chi connectivity index (χ2v) is 7.18. The highest BCUT2D eigenvalue weighted by Gasteiger charge is 2.30. The molecule has 0 spiro atoms. The first-order chi connectivity index (χ1) is 16.4. The van der Waals surface area contributed by atoms with Crippen LogP contribution in [-0.2, 0) is 9.59 Å². The van der Waals surface area contributed by atoms with Crippen molar-refractivity contribution in [3.05, 3.63) is 36.4 Å². The number of nitrogens with zero attached hydrogens (tertiary/aromatic N) is 3. The summed E-state index contributed by atoms with van der Waals surface area (Å²) in [7, 11) is 0. The lowest BCUT2D eigenvalue weighted by molar-refractivity contribution is -0.126. The molecule has 0 aromatic heterocycles. The Morgan fingerprint density at radius 2 is 1.38 bits per heavy atom. The zero-order chi connectivity index (χ0) is 25.1. The number of halogens is 1. The molecule has 0 N–H and O–H groups in total. The monoisotopic (exact) mass is 491 g/mol. The summed E-state index contributed by atoms with van der Waals surface area (Å²) in [5.41, 5.74) is 0.551. The molecule has 34 heavy (non-hydrogen) atoms. The largest absolute Gasteiger partial charge is 0.494 e. The maximum absolute atomic E-state index is 13.1. The van der Waals surface area contributed by atoms with Crippen LogP contribution in [0.2, 0.25) is 0 Å². The van der Waals surface area contributed by atoms with Gasteiger partial charge < -0.3 is 18.9 Å². The third kappa shape index (κ3) is 7.08. The van der Waals surface area contributed by atoms with Crippen LogP contribution in [-0.4, -0.2) is 44.2 Å². The molecule has 9 nitrogen and oxygen atoms in total. The number of rotatable bonds is 13. The number of anilines is 1. The van der Waals surface area contributed by atoms with Crippen LogP contribution in [0.3, 0.4) is 0 Å². The third-order valence-corrected chi connectivity index (χ3v) is 4.72. The number of hydrogen-bond donors (Lipinski definition) is 0. The molecule has 1 unspecified atom stereocenters. The number of hydrogen-bond acceptors (Lipinski definition) is 8. The average Bonchev–Trinajstić information content (AvgIpc) is 2.80. The number of ketones is 1. The van der Waals surface area contributed by atoms with E-state index < -0.39 is 17.7 Å². The lowest BCUT2D eigenvalue weighted by Crippen LogP contribution is -2.36. The molecule has 0 heterocycles. The van der Waals surface area contributed by atoms with Gasteiger partial charge in [0.25, 0.3) is 5.91 Å². The molecule has 0 aliphatic heterocycles. The molecule has 0 bridgehead atoms. The standard InChI is InChI=1S/C24H30ClN3O6/c1-6-31-18-13-17(14-19(15-18)32-7-2)28(25)24(30)22(16(5)29)26-27-23-20(33-8-3)11-10-12-21(23)34-9-4/h10-15,22H,6-9H2,1-5H3. The molecule has 0 saturated carbocycles. The van der Waals surface area contributed by atoms with E-state index >= 15 is 0 Å². The smallest absolute Gasteiger partial charge is 0.276 e. The van der Waals surface area contributed by atoms with Crippen LogP contribution >= 0.6 is 11.8 Å². The molecular formula is C24H30ClN3O6. The average molecular weight is 492 g/mol. The van der Waals surface area contributed by atoms with Crippen molar-refractivity contribution in [2.45, 2.75) is 40.7 Å². The SMILES string of the molecule is CCOc1cc(OCC)cc(N(Cl)C(=O)C(N=Nc2c(OCC)cccc2OCC)C(C)=O)c1. The highest BCUT2D eigenvalue weighted by Crippen LogP contribution is 2.38. The van der Waals surface area contributed by atoms with Crippen LogP contribution in [0.15, 0.2) is 46.6 Å². The summed E-state index contributed by atoms with van der Waals surface area (Å²) in [5, 5.41) is 8.18. The van der Waals surface area contributed by atoms with E-state index in [4.69, 9.17) is 30.7 Å². The molecule has 0 aliphatic rings. The summed E-state index contributed by atoms with van der Waals surface area (Å²) in [5.74, 6) is 0.462. The van der Waals surface area contributed by atoms with Crippen molar-refractivity contribution in [3.8, 4) is 23.0 Å². The van der Waals surface area contributed by atoms with E-state index in [1.807, 2.05) is 27.7 Å². The molecule has 0 aliphatic carbocycles. The molecule has 0 fully saturated rings. The van der Waals surface area contributed by atoms with Crippen LogP contribution in [0, 0.1) is 0 Å². The van der Waals surface area contributed by atoms with Crippen LogP contribution in [0.5, 0.6) is 23.0 Å². The fraction of sp³-hybridized carbons (Fsp3) is 0.417. The molecule has 10 heteroatoms. The maximum atomic E-state index is 13.1. The van der Waals surface area contributed by atoms with Crippen molar-refractivity contribution >= 4 is 34.8 Å². The molecule has 2 aromatic carbocycles. The molecule has 0 radical (unpaired) electrons. The number of ether oxygens (including phenoxy) is 4. The minimum atomic E-state index is -1.48. The lowest BCUT2D eigenvalue weighted by atomic mass is 10.2. The Bertz CT molecular complexity index is 966. The third-order valence-electron chi connectivity index (χ3n) is 4.36. The fourth-order valence-corrected chi connectivity index (χ4v) is 3.16. The molecular weight excluding hydrogens is 462 g/mol. The first kappa shape index (κ1) is 26.9. The zero-order valence-electron chi connectivity index (χ0n) is 20.0. The summed E-state index contributed by atoms with van der Waals surface area (Å²) in [6, 6.07) is 8.51. The Hall–Kier alpha value is -3.33. The quantitative estimate of drug-likeness (QED) is 0.208. The maximum Gasteiger partial charge on any atom is 0.276 e. The number of Topliss-reactive ketones (excluding diaryl/α,β-unsaturated/α-hetero) is 1. The Balaban J connectivity index is 2.40. The van der Waals surface area contributed by atoms with Gasteiger partial charge in [0.05, 0.1) is 32.1 Å². The molecule has 2 aromatic rings. The Labute approximate surface area is 204 Å². The molecule has 1 atom stereocenters. The first-order valence-corrected chi connectivity index (χ1v) is 11.4. The predicted octanol–water partition coefficient (Wildman–Crippen LogP) is 5.51. The van der Waals surface area contributed by atoms with Crippen molar-refractivity contribution in [1.82, 2.24) is 0 Å². The minimum absolute atomic E-state index is 0.271. The normalized spacial score (nSPS) is 11.7. The van der Waals surface area contributed by atoms with E-state index in [1.54, 1.807) is 36.4 Å². The highest BCUT2D eigenvalue weighted by atomic mass is 35.5. The van der Waals surface area contributed by atoms with Crippen LogP contribution < -0.4 is 23.4 Å². The van der Waals surface area contributed by atoms with E-state index in [0.717, 1.165) is 4.42 Å².